The summed E-state index contributed by atoms with van der Waals surface area (Å²) in [5.74, 6) is -7.78. The van der Waals surface area contributed by atoms with E-state index in [1.165, 1.54) is 18.2 Å². The Kier molecular flexibility index (Phi) is 3.32. The minimum Gasteiger partial charge on any atom is -0.218 e. The van der Waals surface area contributed by atoms with Crippen molar-refractivity contribution in [1.82, 2.24) is 0 Å². The first kappa shape index (κ1) is 13.5. The Balaban J connectivity index is 2.80. The molecule has 0 aliphatic carbocycles. The van der Waals surface area contributed by atoms with Gasteiger partial charge in [-0.1, -0.05) is 18.2 Å². The summed E-state index contributed by atoms with van der Waals surface area (Å²) >= 11 is 0. The van der Waals surface area contributed by atoms with Gasteiger partial charge in [0, 0.05) is 0 Å². The Hall–Kier alpha value is -1.89. The Bertz CT molecular complexity index is 701. The van der Waals surface area contributed by atoms with E-state index in [1.807, 2.05) is 0 Å². The molecule has 0 aromatic heterocycles. The van der Waals surface area contributed by atoms with Crippen molar-refractivity contribution in [3.63, 3.8) is 0 Å². The van der Waals surface area contributed by atoms with Crippen LogP contribution in [-0.2, 0) is 9.84 Å². The van der Waals surface area contributed by atoms with Crippen LogP contribution in [0.1, 0.15) is 0 Å². The van der Waals surface area contributed by atoms with Gasteiger partial charge in [0.2, 0.25) is 9.84 Å². The van der Waals surface area contributed by atoms with Crippen LogP contribution in [0.15, 0.2) is 40.1 Å². The molecule has 2 nitrogen and oxygen atoms in total. The Morgan fingerprint density at radius 3 is 1.79 bits per heavy atom. The lowest BCUT2D eigenvalue weighted by molar-refractivity contribution is 0.417. The van der Waals surface area contributed by atoms with Crippen LogP contribution in [0.5, 0.6) is 0 Å². The smallest absolute Gasteiger partial charge is 0.212 e. The zero-order chi connectivity index (χ0) is 14.2. The third-order valence-electron chi connectivity index (χ3n) is 2.33. The molecule has 7 heteroatoms. The first-order chi connectivity index (χ1) is 8.85. The maximum Gasteiger partial charge on any atom is 0.212 e. The van der Waals surface area contributed by atoms with Crippen LogP contribution in [0.25, 0.3) is 0 Å². The number of benzene rings is 2. The molecular weight excluding hydrogens is 284 g/mol. The minimum absolute atomic E-state index is 0.474. The van der Waals surface area contributed by atoms with Crippen LogP contribution in [0.2, 0.25) is 0 Å². The molecule has 0 N–H and O–H groups in total. The number of rotatable bonds is 2. The molecule has 19 heavy (non-hydrogen) atoms. The molecule has 0 atom stereocenters. The molecule has 0 spiro atoms. The lowest BCUT2D eigenvalue weighted by atomic mass is 10.3. The van der Waals surface area contributed by atoms with Crippen LogP contribution >= 0.6 is 0 Å². The second-order valence-corrected chi connectivity index (χ2v) is 5.41. The highest BCUT2D eigenvalue weighted by Crippen LogP contribution is 2.28. The molecule has 0 aliphatic rings. The van der Waals surface area contributed by atoms with E-state index < -0.39 is 42.9 Å². The highest BCUT2D eigenvalue weighted by Gasteiger charge is 2.31. The van der Waals surface area contributed by atoms with Gasteiger partial charge in [-0.25, -0.2) is 26.0 Å². The summed E-state index contributed by atoms with van der Waals surface area (Å²) in [6.07, 6.45) is 0. The highest BCUT2D eigenvalue weighted by molar-refractivity contribution is 7.91. The summed E-state index contributed by atoms with van der Waals surface area (Å²) in [6, 6.07) is 7.33. The van der Waals surface area contributed by atoms with Gasteiger partial charge in [0.15, 0.2) is 23.3 Å². The lowest BCUT2D eigenvalue weighted by Crippen LogP contribution is -2.11. The summed E-state index contributed by atoms with van der Waals surface area (Å²) in [4.78, 5) is -2.13. The average molecular weight is 289 g/mol. The Morgan fingerprint density at radius 2 is 1.32 bits per heavy atom. The third-order valence-corrected chi connectivity index (χ3v) is 4.11. The van der Waals surface area contributed by atoms with E-state index in [0.717, 1.165) is 18.2 Å². The largest absolute Gasteiger partial charge is 0.218 e. The number of hydrogen-bond donors (Lipinski definition) is 0. The van der Waals surface area contributed by atoms with E-state index in [9.17, 15) is 26.0 Å². The van der Waals surface area contributed by atoms with Crippen LogP contribution < -0.4 is 0 Å². The third kappa shape index (κ3) is 2.21. The molecular formula is C12H5F4O2S. The Morgan fingerprint density at radius 1 is 0.842 bits per heavy atom. The topological polar surface area (TPSA) is 34.1 Å². The van der Waals surface area contributed by atoms with Crippen molar-refractivity contribution < 1.29 is 26.0 Å². The van der Waals surface area contributed by atoms with Gasteiger partial charge in [0.25, 0.3) is 0 Å². The van der Waals surface area contributed by atoms with E-state index in [0.29, 0.717) is 0 Å². The summed E-state index contributed by atoms with van der Waals surface area (Å²) < 4.78 is 76.7. The van der Waals surface area contributed by atoms with Crippen molar-refractivity contribution in [2.75, 3.05) is 0 Å². The zero-order valence-corrected chi connectivity index (χ0v) is 9.94. The molecule has 0 heterocycles. The molecule has 1 radical (unpaired) electrons. The second-order valence-electron chi connectivity index (χ2n) is 3.53. The number of halogens is 4. The monoisotopic (exact) mass is 289 g/mol. The molecule has 2 aromatic carbocycles. The molecule has 0 amide bonds. The van der Waals surface area contributed by atoms with Crippen molar-refractivity contribution in [1.29, 1.82) is 0 Å². The van der Waals surface area contributed by atoms with Crippen molar-refractivity contribution in [2.24, 2.45) is 0 Å². The normalized spacial score (nSPS) is 11.6. The van der Waals surface area contributed by atoms with E-state index >= 15 is 0 Å². The molecule has 0 unspecified atom stereocenters. The van der Waals surface area contributed by atoms with Gasteiger partial charge in [0.1, 0.15) is 4.90 Å². The lowest BCUT2D eigenvalue weighted by Gasteiger charge is -2.08. The maximum atomic E-state index is 13.4. The standard InChI is InChI=1S/C12H5F4O2S/c13-8-6-9(14)11(16)12(10(8)15)19(17,18)7-4-2-1-3-5-7/h1-5H. The first-order valence-electron chi connectivity index (χ1n) is 4.91. The summed E-state index contributed by atoms with van der Waals surface area (Å²) in [7, 11) is -4.70. The fourth-order valence-electron chi connectivity index (χ4n) is 1.46. The van der Waals surface area contributed by atoms with E-state index in [2.05, 4.69) is 0 Å². The zero-order valence-electron chi connectivity index (χ0n) is 9.12. The molecule has 2 rings (SSSR count). The molecule has 99 valence electrons. The van der Waals surface area contributed by atoms with Crippen LogP contribution in [0, 0.1) is 29.3 Å². The minimum atomic E-state index is -4.70. The highest BCUT2D eigenvalue weighted by atomic mass is 32.2. The van der Waals surface area contributed by atoms with Gasteiger partial charge in [-0.05, 0) is 12.1 Å². The van der Waals surface area contributed by atoms with Crippen LogP contribution in [0.4, 0.5) is 17.6 Å². The molecule has 0 saturated heterocycles. The number of hydrogen-bond acceptors (Lipinski definition) is 2. The van der Waals surface area contributed by atoms with E-state index in [1.54, 1.807) is 0 Å². The van der Waals surface area contributed by atoms with E-state index in [4.69, 9.17) is 0 Å². The van der Waals surface area contributed by atoms with Crippen LogP contribution in [0.3, 0.4) is 0 Å². The van der Waals surface area contributed by atoms with Gasteiger partial charge < -0.3 is 0 Å². The Labute approximate surface area is 106 Å². The molecule has 0 fully saturated rings. The van der Waals surface area contributed by atoms with Gasteiger partial charge in [0.05, 0.1) is 11.0 Å². The number of sulfone groups is 1. The summed E-state index contributed by atoms with van der Waals surface area (Å²) in [5.41, 5.74) is 0. The van der Waals surface area contributed by atoms with Gasteiger partial charge in [-0.3, -0.25) is 0 Å². The van der Waals surface area contributed by atoms with Crippen molar-refractivity contribution in [3.05, 3.63) is 59.7 Å². The van der Waals surface area contributed by atoms with Gasteiger partial charge in [-0.15, -0.1) is 0 Å². The molecule has 0 bridgehead atoms. The SMILES string of the molecule is O=S(=O)(c1ccccc1)c1c(F)c(F)[c]c(F)c1F. The fraction of sp³-hybridized carbons (Fsp3) is 0. The molecule has 0 saturated carbocycles. The van der Waals surface area contributed by atoms with Gasteiger partial charge in [-0.2, -0.15) is 0 Å². The van der Waals surface area contributed by atoms with Crippen molar-refractivity contribution in [2.45, 2.75) is 9.79 Å². The summed E-state index contributed by atoms with van der Waals surface area (Å²) in [5, 5.41) is 0. The van der Waals surface area contributed by atoms with Crippen molar-refractivity contribution in [3.8, 4) is 0 Å². The predicted molar refractivity (Wildman–Crippen MR) is 57.0 cm³/mol. The van der Waals surface area contributed by atoms with Crippen LogP contribution in [-0.4, -0.2) is 8.42 Å². The first-order valence-corrected chi connectivity index (χ1v) is 6.39. The van der Waals surface area contributed by atoms with Crippen molar-refractivity contribution >= 4 is 9.84 Å². The average Bonchev–Trinajstić information content (AvgIpc) is 2.37. The fourth-order valence-corrected chi connectivity index (χ4v) is 2.86. The quantitative estimate of drug-likeness (QED) is 0.629. The second kappa shape index (κ2) is 4.65. The summed E-state index contributed by atoms with van der Waals surface area (Å²) in [6.45, 7) is 0. The maximum absolute atomic E-state index is 13.4. The molecule has 0 aliphatic heterocycles. The predicted octanol–water partition coefficient (Wildman–Crippen LogP) is 2.88. The molecule has 2 aromatic rings. The van der Waals surface area contributed by atoms with E-state index in [-0.39, 0.29) is 0 Å². The van der Waals surface area contributed by atoms with Gasteiger partial charge >= 0.3 is 0 Å².